The molecule has 6 heteroatoms. The lowest BCUT2D eigenvalue weighted by atomic mass is 10.1. The molecule has 118 valence electrons. The number of benzene rings is 1. The van der Waals surface area contributed by atoms with Crippen molar-refractivity contribution in [2.24, 2.45) is 5.73 Å². The maximum Gasteiger partial charge on any atom is 0.254 e. The fourth-order valence-corrected chi connectivity index (χ4v) is 2.61. The highest BCUT2D eigenvalue weighted by Crippen LogP contribution is 2.18. The van der Waals surface area contributed by atoms with Crippen LogP contribution in [0.3, 0.4) is 0 Å². The predicted octanol–water partition coefficient (Wildman–Crippen LogP) is 1.02. The average Bonchev–Trinajstić information content (AvgIpc) is 2.49. The molecule has 0 aliphatic heterocycles. The van der Waals surface area contributed by atoms with Gasteiger partial charge in [-0.3, -0.25) is 9.59 Å². The average molecular weight is 302 g/mol. The second-order valence-electron chi connectivity index (χ2n) is 5.20. The number of likely N-dealkylation sites (N-methyl/N-ethyl adjacent to an activating group) is 1. The molecule has 0 aliphatic rings. The zero-order valence-electron chi connectivity index (χ0n) is 13.0. The number of anilines is 1. The van der Waals surface area contributed by atoms with E-state index in [-0.39, 0.29) is 5.56 Å². The first kappa shape index (κ1) is 16.0. The normalized spacial score (nSPS) is 11.2. The van der Waals surface area contributed by atoms with Gasteiger partial charge in [0.25, 0.3) is 5.91 Å². The summed E-state index contributed by atoms with van der Waals surface area (Å²) < 4.78 is 1.88. The number of amides is 1. The van der Waals surface area contributed by atoms with Gasteiger partial charge in [0.15, 0.2) is 0 Å². The highest BCUT2D eigenvalue weighted by atomic mass is 16.2. The minimum atomic E-state index is -0.730. The minimum absolute atomic E-state index is 0.0232. The molecular weight excluding hydrogens is 280 g/mol. The van der Waals surface area contributed by atoms with E-state index >= 15 is 0 Å². The molecule has 22 heavy (non-hydrogen) atoms. The molecule has 1 aromatic heterocycles. The van der Waals surface area contributed by atoms with Crippen molar-refractivity contribution >= 4 is 22.5 Å². The Morgan fingerprint density at radius 3 is 2.55 bits per heavy atom. The first-order chi connectivity index (χ1) is 10.5. The van der Waals surface area contributed by atoms with E-state index in [4.69, 9.17) is 11.5 Å². The van der Waals surface area contributed by atoms with Crippen molar-refractivity contribution < 1.29 is 4.79 Å². The van der Waals surface area contributed by atoms with Crippen molar-refractivity contribution in [3.05, 3.63) is 40.2 Å². The van der Waals surface area contributed by atoms with Gasteiger partial charge in [-0.05, 0) is 25.2 Å². The van der Waals surface area contributed by atoms with Crippen LogP contribution in [0, 0.1) is 0 Å². The largest absolute Gasteiger partial charge is 0.398 e. The van der Waals surface area contributed by atoms with Crippen LogP contribution >= 0.6 is 0 Å². The molecule has 1 aromatic carbocycles. The van der Waals surface area contributed by atoms with E-state index in [1.165, 1.54) is 6.20 Å². The standard InChI is InChI=1S/C16H22N4O2/c1-3-19(4-2)8-9-20-10-11(16(18)22)15(21)14-12(17)6-5-7-13(14)20/h5-7,10H,3-4,8-9,17H2,1-2H3,(H2,18,22). The number of nitrogens with two attached hydrogens (primary N) is 2. The van der Waals surface area contributed by atoms with E-state index in [1.807, 2.05) is 10.6 Å². The number of nitrogen functional groups attached to an aromatic ring is 1. The molecule has 0 aliphatic carbocycles. The zero-order chi connectivity index (χ0) is 16.3. The summed E-state index contributed by atoms with van der Waals surface area (Å²) in [6.45, 7) is 7.55. The van der Waals surface area contributed by atoms with Crippen LogP contribution in [0.1, 0.15) is 24.2 Å². The van der Waals surface area contributed by atoms with E-state index in [9.17, 15) is 9.59 Å². The van der Waals surface area contributed by atoms with Crippen LogP contribution in [0.25, 0.3) is 10.9 Å². The lowest BCUT2D eigenvalue weighted by Crippen LogP contribution is -2.29. The highest BCUT2D eigenvalue weighted by molar-refractivity contribution is 5.99. The summed E-state index contributed by atoms with van der Waals surface area (Å²) >= 11 is 0. The lowest BCUT2D eigenvalue weighted by Gasteiger charge is -2.20. The fraction of sp³-hybridized carbons (Fsp3) is 0.375. The van der Waals surface area contributed by atoms with Crippen LogP contribution in [0.2, 0.25) is 0 Å². The fourth-order valence-electron chi connectivity index (χ4n) is 2.61. The summed E-state index contributed by atoms with van der Waals surface area (Å²) in [6.07, 6.45) is 1.54. The first-order valence-electron chi connectivity index (χ1n) is 7.43. The molecule has 0 saturated heterocycles. The van der Waals surface area contributed by atoms with Crippen LogP contribution < -0.4 is 16.9 Å². The van der Waals surface area contributed by atoms with Crippen molar-refractivity contribution in [3.8, 4) is 0 Å². The molecule has 0 unspecified atom stereocenters. The molecule has 0 radical (unpaired) electrons. The van der Waals surface area contributed by atoms with Gasteiger partial charge in [0, 0.05) is 25.0 Å². The molecule has 1 heterocycles. The third-order valence-corrected chi connectivity index (χ3v) is 3.96. The molecule has 0 atom stereocenters. The molecule has 0 bridgehead atoms. The van der Waals surface area contributed by atoms with E-state index in [1.54, 1.807) is 12.1 Å². The molecule has 0 fully saturated rings. The topological polar surface area (TPSA) is 94.3 Å². The second kappa shape index (κ2) is 6.62. The maximum absolute atomic E-state index is 12.4. The highest BCUT2D eigenvalue weighted by Gasteiger charge is 2.15. The Labute approximate surface area is 129 Å². The Morgan fingerprint density at radius 1 is 1.27 bits per heavy atom. The Morgan fingerprint density at radius 2 is 1.95 bits per heavy atom. The number of nitrogens with zero attached hydrogens (tertiary/aromatic N) is 2. The van der Waals surface area contributed by atoms with Gasteiger partial charge in [0.2, 0.25) is 5.43 Å². The van der Waals surface area contributed by atoms with E-state index in [0.29, 0.717) is 17.6 Å². The van der Waals surface area contributed by atoms with Crippen LogP contribution in [0.5, 0.6) is 0 Å². The molecule has 6 nitrogen and oxygen atoms in total. The summed E-state index contributed by atoms with van der Waals surface area (Å²) in [5.74, 6) is -0.730. The van der Waals surface area contributed by atoms with Gasteiger partial charge in [0.05, 0.1) is 10.9 Å². The predicted molar refractivity (Wildman–Crippen MR) is 88.9 cm³/mol. The molecular formula is C16H22N4O2. The number of primary amides is 1. The number of fused-ring (bicyclic) bond motifs is 1. The van der Waals surface area contributed by atoms with Crippen molar-refractivity contribution in [2.45, 2.75) is 20.4 Å². The molecule has 0 spiro atoms. The quantitative estimate of drug-likeness (QED) is 0.779. The van der Waals surface area contributed by atoms with Crippen molar-refractivity contribution in [2.75, 3.05) is 25.4 Å². The van der Waals surface area contributed by atoms with Gasteiger partial charge in [-0.2, -0.15) is 0 Å². The van der Waals surface area contributed by atoms with Crippen molar-refractivity contribution in [1.29, 1.82) is 0 Å². The van der Waals surface area contributed by atoms with Gasteiger partial charge < -0.3 is 20.9 Å². The van der Waals surface area contributed by atoms with E-state index < -0.39 is 11.3 Å². The molecule has 4 N–H and O–H groups in total. The van der Waals surface area contributed by atoms with Gasteiger partial charge in [-0.1, -0.05) is 19.9 Å². The smallest absolute Gasteiger partial charge is 0.254 e. The Balaban J connectivity index is 2.58. The number of rotatable bonds is 6. The van der Waals surface area contributed by atoms with Crippen LogP contribution in [-0.4, -0.2) is 35.0 Å². The number of hydrogen-bond donors (Lipinski definition) is 2. The molecule has 0 saturated carbocycles. The van der Waals surface area contributed by atoms with Crippen molar-refractivity contribution in [3.63, 3.8) is 0 Å². The number of carbonyl (C=O) groups excluding carboxylic acids is 1. The monoisotopic (exact) mass is 302 g/mol. The van der Waals surface area contributed by atoms with Gasteiger partial charge in [-0.15, -0.1) is 0 Å². The first-order valence-corrected chi connectivity index (χ1v) is 7.43. The second-order valence-corrected chi connectivity index (χ2v) is 5.20. The van der Waals surface area contributed by atoms with Crippen molar-refractivity contribution in [1.82, 2.24) is 9.47 Å². The Bertz CT molecular complexity index is 748. The summed E-state index contributed by atoms with van der Waals surface area (Å²) in [5, 5.41) is 0.360. The van der Waals surface area contributed by atoms with Gasteiger partial charge in [0.1, 0.15) is 5.56 Å². The third kappa shape index (κ3) is 2.96. The summed E-state index contributed by atoms with van der Waals surface area (Å²) in [6, 6.07) is 5.29. The van der Waals surface area contributed by atoms with E-state index in [2.05, 4.69) is 18.7 Å². The summed E-state index contributed by atoms with van der Waals surface area (Å²) in [5.41, 5.74) is 11.9. The van der Waals surface area contributed by atoms with Crippen LogP contribution in [0.15, 0.2) is 29.2 Å². The van der Waals surface area contributed by atoms with Crippen LogP contribution in [0.4, 0.5) is 5.69 Å². The van der Waals surface area contributed by atoms with Gasteiger partial charge >= 0.3 is 0 Å². The maximum atomic E-state index is 12.4. The number of aromatic nitrogens is 1. The van der Waals surface area contributed by atoms with Crippen LogP contribution in [-0.2, 0) is 6.54 Å². The lowest BCUT2D eigenvalue weighted by molar-refractivity contribution is 0.0998. The molecule has 2 aromatic rings. The van der Waals surface area contributed by atoms with Gasteiger partial charge in [-0.25, -0.2) is 0 Å². The number of pyridine rings is 1. The molecule has 2 rings (SSSR count). The zero-order valence-corrected chi connectivity index (χ0v) is 13.0. The minimum Gasteiger partial charge on any atom is -0.398 e. The summed E-state index contributed by atoms with van der Waals surface area (Å²) in [4.78, 5) is 26.2. The summed E-state index contributed by atoms with van der Waals surface area (Å²) in [7, 11) is 0. The Hall–Kier alpha value is -2.34. The van der Waals surface area contributed by atoms with E-state index in [0.717, 1.165) is 25.2 Å². The molecule has 1 amide bonds. The SMILES string of the molecule is CCN(CC)CCn1cc(C(N)=O)c(=O)c2c(N)cccc21. The number of hydrogen-bond acceptors (Lipinski definition) is 4. The number of carbonyl (C=O) groups is 1. The Kier molecular flexibility index (Phi) is 4.82. The third-order valence-electron chi connectivity index (χ3n) is 3.96.